The summed E-state index contributed by atoms with van der Waals surface area (Å²) in [5.41, 5.74) is 0. The zero-order valence-electron chi connectivity index (χ0n) is 7.23. The summed E-state index contributed by atoms with van der Waals surface area (Å²) >= 11 is 0. The number of nitrogens with zero attached hydrogens (tertiary/aromatic N) is 1. The van der Waals surface area contributed by atoms with Crippen molar-refractivity contribution >= 4 is 0 Å². The van der Waals surface area contributed by atoms with Gasteiger partial charge in [-0.2, -0.15) is 0 Å². The molecule has 0 amide bonds. The fourth-order valence-corrected chi connectivity index (χ4v) is 0.998. The first-order valence-electron chi connectivity index (χ1n) is 3.65. The van der Waals surface area contributed by atoms with Crippen LogP contribution in [0.15, 0.2) is 12.3 Å². The van der Waals surface area contributed by atoms with Crippen molar-refractivity contribution in [2.75, 3.05) is 14.2 Å². The number of fused-ring (bicyclic) bond motifs is 1. The van der Waals surface area contributed by atoms with E-state index in [4.69, 9.17) is 18.9 Å². The Hall–Kier alpha value is -1.33. The summed E-state index contributed by atoms with van der Waals surface area (Å²) in [4.78, 5) is 3.91. The molecule has 0 N–H and O–H groups in total. The summed E-state index contributed by atoms with van der Waals surface area (Å²) < 4.78 is 20.2. The van der Waals surface area contributed by atoms with E-state index in [1.165, 1.54) is 14.2 Å². The molecule has 0 atom stereocenters. The fraction of sp³-hybridized carbons (Fsp3) is 0.375. The van der Waals surface area contributed by atoms with Gasteiger partial charge >= 0.3 is 6.16 Å². The molecule has 0 unspecified atom stereocenters. The van der Waals surface area contributed by atoms with Crippen LogP contribution in [-0.2, 0) is 9.47 Å². The number of rotatable bonds is 2. The molecule has 0 fully saturated rings. The summed E-state index contributed by atoms with van der Waals surface area (Å²) in [6.45, 7) is 0. The minimum Gasteiger partial charge on any atom is -0.400 e. The first-order valence-corrected chi connectivity index (χ1v) is 3.65. The molecule has 0 saturated heterocycles. The van der Waals surface area contributed by atoms with Gasteiger partial charge in [0.15, 0.2) is 5.75 Å². The molecule has 0 spiro atoms. The second kappa shape index (κ2) is 2.86. The van der Waals surface area contributed by atoms with Crippen LogP contribution in [0.5, 0.6) is 11.6 Å². The monoisotopic (exact) mass is 182 g/mol. The number of pyridine rings is 1. The van der Waals surface area contributed by atoms with Gasteiger partial charge in [-0.1, -0.05) is 0 Å². The van der Waals surface area contributed by atoms with Crippen LogP contribution in [0, 0.1) is 6.07 Å². The molecule has 13 heavy (non-hydrogen) atoms. The standard InChI is InChI=1S/C8H8NO4/c1-10-8(11-2)12-6-4-3-5-9-7(6)13-8/h3,5H,1-2H3. The molecule has 1 aromatic heterocycles. The van der Waals surface area contributed by atoms with E-state index >= 15 is 0 Å². The Balaban J connectivity index is 2.30. The van der Waals surface area contributed by atoms with Crippen molar-refractivity contribution in [1.29, 1.82) is 0 Å². The van der Waals surface area contributed by atoms with Crippen LogP contribution < -0.4 is 9.47 Å². The van der Waals surface area contributed by atoms with Gasteiger partial charge in [-0.25, -0.2) is 4.98 Å². The molecule has 0 aromatic carbocycles. The zero-order chi connectivity index (χ0) is 9.31. The highest BCUT2D eigenvalue weighted by molar-refractivity contribution is 5.34. The molecule has 1 radical (unpaired) electrons. The van der Waals surface area contributed by atoms with E-state index in [0.29, 0.717) is 11.6 Å². The Labute approximate surface area is 75.2 Å². The molecule has 1 aromatic rings. The summed E-state index contributed by atoms with van der Waals surface area (Å²) in [6.07, 6.45) is 0.0385. The van der Waals surface area contributed by atoms with Gasteiger partial charge in [-0.15, -0.1) is 0 Å². The predicted octanol–water partition coefficient (Wildman–Crippen LogP) is 0.557. The third-order valence-electron chi connectivity index (χ3n) is 1.62. The minimum absolute atomic E-state index is 0.311. The molecule has 2 rings (SSSR count). The molecular weight excluding hydrogens is 174 g/mol. The molecular formula is C8H8NO4. The first-order chi connectivity index (χ1) is 6.29. The third-order valence-corrected chi connectivity index (χ3v) is 1.62. The second-order valence-corrected chi connectivity index (χ2v) is 2.34. The van der Waals surface area contributed by atoms with E-state index in [0.717, 1.165) is 0 Å². The molecule has 0 bridgehead atoms. The minimum atomic E-state index is -1.51. The van der Waals surface area contributed by atoms with Gasteiger partial charge in [-0.05, 0) is 6.07 Å². The van der Waals surface area contributed by atoms with E-state index in [1.54, 1.807) is 12.3 Å². The summed E-state index contributed by atoms with van der Waals surface area (Å²) in [7, 11) is 2.82. The van der Waals surface area contributed by atoms with Crippen LogP contribution in [-0.4, -0.2) is 25.4 Å². The summed E-state index contributed by atoms with van der Waals surface area (Å²) in [5, 5.41) is 0. The SMILES string of the molecule is COC1(OC)Oc2[c]ccnc2O1. The highest BCUT2D eigenvalue weighted by Gasteiger charge is 2.44. The predicted molar refractivity (Wildman–Crippen MR) is 41.1 cm³/mol. The molecule has 69 valence electrons. The van der Waals surface area contributed by atoms with Crippen LogP contribution in [0.3, 0.4) is 0 Å². The van der Waals surface area contributed by atoms with Crippen LogP contribution in [0.4, 0.5) is 0 Å². The van der Waals surface area contributed by atoms with Gasteiger partial charge in [0.25, 0.3) is 5.88 Å². The van der Waals surface area contributed by atoms with Crippen molar-refractivity contribution < 1.29 is 18.9 Å². The lowest BCUT2D eigenvalue weighted by molar-refractivity contribution is -0.408. The highest BCUT2D eigenvalue weighted by atomic mass is 17.0. The van der Waals surface area contributed by atoms with Gasteiger partial charge in [0.2, 0.25) is 0 Å². The average Bonchev–Trinajstić information content (AvgIpc) is 2.57. The molecule has 5 heteroatoms. The van der Waals surface area contributed by atoms with Crippen LogP contribution in [0.2, 0.25) is 0 Å². The summed E-state index contributed by atoms with van der Waals surface area (Å²) in [6, 6.07) is 4.42. The van der Waals surface area contributed by atoms with Gasteiger partial charge in [0.05, 0.1) is 0 Å². The molecule has 0 aliphatic carbocycles. The van der Waals surface area contributed by atoms with E-state index in [1.807, 2.05) is 0 Å². The maximum Gasteiger partial charge on any atom is 0.511 e. The topological polar surface area (TPSA) is 49.8 Å². The molecule has 5 nitrogen and oxygen atoms in total. The van der Waals surface area contributed by atoms with E-state index in [9.17, 15) is 0 Å². The zero-order valence-corrected chi connectivity index (χ0v) is 7.23. The van der Waals surface area contributed by atoms with E-state index in [2.05, 4.69) is 11.1 Å². The van der Waals surface area contributed by atoms with Crippen molar-refractivity contribution in [2.45, 2.75) is 6.16 Å². The van der Waals surface area contributed by atoms with Crippen LogP contribution in [0.25, 0.3) is 0 Å². The normalized spacial score (nSPS) is 17.4. The Morgan fingerprint density at radius 1 is 1.38 bits per heavy atom. The maximum atomic E-state index is 5.21. The van der Waals surface area contributed by atoms with Crippen molar-refractivity contribution in [3.63, 3.8) is 0 Å². The molecule has 0 saturated carbocycles. The number of aromatic nitrogens is 1. The molecule has 2 heterocycles. The maximum absolute atomic E-state index is 5.21. The van der Waals surface area contributed by atoms with E-state index < -0.39 is 6.16 Å². The lowest BCUT2D eigenvalue weighted by Crippen LogP contribution is -2.42. The average molecular weight is 182 g/mol. The third kappa shape index (κ3) is 1.22. The van der Waals surface area contributed by atoms with Gasteiger partial charge in [0, 0.05) is 26.5 Å². The summed E-state index contributed by atoms with van der Waals surface area (Å²) in [5.74, 6) is 0.692. The lowest BCUT2D eigenvalue weighted by atomic mass is 10.4. The van der Waals surface area contributed by atoms with Crippen molar-refractivity contribution in [3.05, 3.63) is 18.3 Å². The number of methoxy groups -OCH3 is 2. The van der Waals surface area contributed by atoms with Crippen LogP contribution in [0.1, 0.15) is 0 Å². The number of hydrogen-bond donors (Lipinski definition) is 0. The van der Waals surface area contributed by atoms with Crippen molar-refractivity contribution in [3.8, 4) is 11.6 Å². The Morgan fingerprint density at radius 2 is 2.15 bits per heavy atom. The number of ether oxygens (including phenoxy) is 4. The Bertz CT molecular complexity index is 284. The van der Waals surface area contributed by atoms with Gasteiger partial charge < -0.3 is 9.47 Å². The smallest absolute Gasteiger partial charge is 0.400 e. The van der Waals surface area contributed by atoms with E-state index in [-0.39, 0.29) is 0 Å². The lowest BCUT2D eigenvalue weighted by Gasteiger charge is -2.20. The molecule has 1 aliphatic rings. The first kappa shape index (κ1) is 8.28. The molecule has 1 aliphatic heterocycles. The largest absolute Gasteiger partial charge is 0.511 e. The van der Waals surface area contributed by atoms with Crippen molar-refractivity contribution in [1.82, 2.24) is 4.98 Å². The van der Waals surface area contributed by atoms with Crippen molar-refractivity contribution in [2.24, 2.45) is 0 Å². The van der Waals surface area contributed by atoms with Gasteiger partial charge in [0.1, 0.15) is 0 Å². The quantitative estimate of drug-likeness (QED) is 0.625. The Kier molecular flexibility index (Phi) is 1.82. The highest BCUT2D eigenvalue weighted by Crippen LogP contribution is 2.36. The van der Waals surface area contributed by atoms with Gasteiger partial charge in [-0.3, -0.25) is 9.47 Å². The van der Waals surface area contributed by atoms with Crippen LogP contribution >= 0.6 is 0 Å². The Morgan fingerprint density at radius 3 is 2.77 bits per heavy atom. The number of hydrogen-bond acceptors (Lipinski definition) is 5. The second-order valence-electron chi connectivity index (χ2n) is 2.34. The fourth-order valence-electron chi connectivity index (χ4n) is 0.998.